The SMILES string of the molecule is [2H]C([2H])(c1ccnc(-n2c3ccc(-c4ccccc4)cc3c3ccc(Oc4ccnc(-n5[c-][n+](-c6cc(C(C)(C)C)cc(C(C)(C)C)c6)c(-c6ccccc6)c5)c4)cc32)c1)C(C)(C)C. The van der Waals surface area contributed by atoms with E-state index in [0.29, 0.717) is 28.7 Å². The summed E-state index contributed by atoms with van der Waals surface area (Å²) in [7, 11) is 0. The van der Waals surface area contributed by atoms with Crippen LogP contribution in [0.4, 0.5) is 0 Å². The van der Waals surface area contributed by atoms with E-state index in [0.717, 1.165) is 49.9 Å². The van der Waals surface area contributed by atoms with Crippen LogP contribution in [0.1, 0.15) is 81.7 Å². The fourth-order valence-corrected chi connectivity index (χ4v) is 8.01. The summed E-state index contributed by atoms with van der Waals surface area (Å²) < 4.78 is 31.1. The van der Waals surface area contributed by atoms with Crippen molar-refractivity contribution >= 4 is 21.8 Å². The molecule has 0 saturated heterocycles. The summed E-state index contributed by atoms with van der Waals surface area (Å²) in [5.74, 6) is 2.56. The molecule has 0 aliphatic rings. The van der Waals surface area contributed by atoms with E-state index in [1.165, 1.54) is 11.1 Å². The summed E-state index contributed by atoms with van der Waals surface area (Å²) in [6.45, 7) is 19.3. The number of benzene rings is 5. The van der Waals surface area contributed by atoms with E-state index in [-0.39, 0.29) is 10.8 Å². The zero-order chi connectivity index (χ0) is 45.2. The molecule has 0 fully saturated rings. The number of rotatable bonds is 8. The third-order valence-electron chi connectivity index (χ3n) is 11.2. The Bertz CT molecular complexity index is 3130. The first kappa shape index (κ1) is 38.2. The molecule has 6 nitrogen and oxygen atoms in total. The molecular weight excluding hydrogens is 759 g/mol. The van der Waals surface area contributed by atoms with Crippen molar-refractivity contribution in [3.8, 4) is 51.2 Å². The highest BCUT2D eigenvalue weighted by Crippen LogP contribution is 2.38. The highest BCUT2D eigenvalue weighted by Gasteiger charge is 2.23. The van der Waals surface area contributed by atoms with Crippen LogP contribution in [0.15, 0.2) is 158 Å². The highest BCUT2D eigenvalue weighted by molar-refractivity contribution is 6.10. The maximum absolute atomic E-state index is 9.09. The molecule has 9 rings (SSSR count). The van der Waals surface area contributed by atoms with Crippen molar-refractivity contribution in [2.24, 2.45) is 5.41 Å². The Morgan fingerprint density at radius 2 is 1.23 bits per heavy atom. The molecule has 0 N–H and O–H groups in total. The third kappa shape index (κ3) is 8.30. The van der Waals surface area contributed by atoms with Gasteiger partial charge in [0.1, 0.15) is 17.3 Å². The Balaban J connectivity index is 1.14. The van der Waals surface area contributed by atoms with Gasteiger partial charge in [0.2, 0.25) is 0 Å². The first-order valence-electron chi connectivity index (χ1n) is 22.4. The normalized spacial score (nSPS) is 13.0. The van der Waals surface area contributed by atoms with E-state index < -0.39 is 11.8 Å². The lowest BCUT2D eigenvalue weighted by Gasteiger charge is -2.26. The Hall–Kier alpha value is -6.79. The molecule has 0 bridgehead atoms. The van der Waals surface area contributed by atoms with Crippen LogP contribution >= 0.6 is 0 Å². The van der Waals surface area contributed by atoms with Gasteiger partial charge in [-0.3, -0.25) is 18.7 Å². The second-order valence-electron chi connectivity index (χ2n) is 19.3. The molecular formula is C56H55N5O. The minimum atomic E-state index is -1.60. The zero-order valence-electron chi connectivity index (χ0n) is 39.2. The fraction of sp³-hybridized carbons (Fsp3) is 0.232. The van der Waals surface area contributed by atoms with Gasteiger partial charge in [0.25, 0.3) is 6.33 Å². The third-order valence-corrected chi connectivity index (χ3v) is 11.2. The number of ether oxygens (including phenoxy) is 1. The van der Waals surface area contributed by atoms with Gasteiger partial charge >= 0.3 is 0 Å². The van der Waals surface area contributed by atoms with Crippen LogP contribution in [0.3, 0.4) is 0 Å². The van der Waals surface area contributed by atoms with Gasteiger partial charge in [-0.2, -0.15) is 0 Å². The first-order valence-corrected chi connectivity index (χ1v) is 21.4. The zero-order valence-corrected chi connectivity index (χ0v) is 37.2. The predicted octanol–water partition coefficient (Wildman–Crippen LogP) is 13.8. The van der Waals surface area contributed by atoms with Crippen LogP contribution in [-0.2, 0) is 17.2 Å². The summed E-state index contributed by atoms with van der Waals surface area (Å²) >= 11 is 0. The van der Waals surface area contributed by atoms with Crippen LogP contribution in [-0.4, -0.2) is 19.1 Å². The number of aromatic nitrogens is 5. The first-order chi connectivity index (χ1) is 30.3. The molecule has 0 aliphatic heterocycles. The summed E-state index contributed by atoms with van der Waals surface area (Å²) in [4.78, 5) is 9.66. The van der Waals surface area contributed by atoms with E-state index in [9.17, 15) is 0 Å². The smallest absolute Gasteiger partial charge is 0.270 e. The van der Waals surface area contributed by atoms with E-state index in [2.05, 4.69) is 154 Å². The number of imidazole rings is 1. The lowest BCUT2D eigenvalue weighted by Crippen LogP contribution is -2.33. The number of pyridine rings is 2. The molecule has 6 heteroatoms. The molecule has 310 valence electrons. The quantitative estimate of drug-likeness (QED) is 0.113. The van der Waals surface area contributed by atoms with Gasteiger partial charge in [0.05, 0.1) is 22.4 Å². The number of nitrogens with zero attached hydrogens (tertiary/aromatic N) is 5. The van der Waals surface area contributed by atoms with Crippen molar-refractivity contribution in [1.82, 2.24) is 19.1 Å². The van der Waals surface area contributed by atoms with E-state index in [1.807, 2.05) is 67.8 Å². The van der Waals surface area contributed by atoms with Gasteiger partial charge in [0.15, 0.2) is 5.82 Å². The van der Waals surface area contributed by atoms with Crippen LogP contribution in [0.5, 0.6) is 11.5 Å². The molecule has 0 radical (unpaired) electrons. The monoisotopic (exact) mass is 815 g/mol. The Morgan fingerprint density at radius 1 is 0.581 bits per heavy atom. The largest absolute Gasteiger partial charge is 0.458 e. The highest BCUT2D eigenvalue weighted by atomic mass is 16.5. The van der Waals surface area contributed by atoms with Gasteiger partial charge < -0.3 is 4.74 Å². The van der Waals surface area contributed by atoms with Crippen LogP contribution in [0, 0.1) is 11.7 Å². The van der Waals surface area contributed by atoms with Crippen LogP contribution < -0.4 is 9.30 Å². The molecule has 0 saturated carbocycles. The molecule has 5 aromatic carbocycles. The molecule has 0 aliphatic carbocycles. The van der Waals surface area contributed by atoms with E-state index >= 15 is 0 Å². The molecule has 0 spiro atoms. The molecule has 9 aromatic rings. The predicted molar refractivity (Wildman–Crippen MR) is 254 cm³/mol. The molecule has 4 aromatic heterocycles. The maximum atomic E-state index is 9.09. The average Bonchev–Trinajstić information content (AvgIpc) is 3.86. The van der Waals surface area contributed by atoms with Gasteiger partial charge in [-0.15, -0.1) is 0 Å². The van der Waals surface area contributed by atoms with E-state index in [4.69, 9.17) is 17.4 Å². The summed E-state index contributed by atoms with van der Waals surface area (Å²) in [5, 5.41) is 2.10. The average molecular weight is 816 g/mol. The van der Waals surface area contributed by atoms with Crippen molar-refractivity contribution in [3.05, 3.63) is 181 Å². The summed E-state index contributed by atoms with van der Waals surface area (Å²) in [5.41, 5.74) is 9.56. The molecule has 0 atom stereocenters. The lowest BCUT2D eigenvalue weighted by atomic mass is 9.80. The van der Waals surface area contributed by atoms with Crippen molar-refractivity contribution in [2.75, 3.05) is 0 Å². The number of fused-ring (bicyclic) bond motifs is 3. The fourth-order valence-electron chi connectivity index (χ4n) is 8.01. The van der Waals surface area contributed by atoms with Gasteiger partial charge in [-0.25, -0.2) is 4.98 Å². The lowest BCUT2D eigenvalue weighted by molar-refractivity contribution is -0.588. The second-order valence-corrected chi connectivity index (χ2v) is 19.3. The second kappa shape index (κ2) is 15.6. The van der Waals surface area contributed by atoms with Gasteiger partial charge in [-0.05, 0) is 111 Å². The minimum absolute atomic E-state index is 0.0512. The summed E-state index contributed by atoms with van der Waals surface area (Å²) in [6, 6.07) is 47.8. The van der Waals surface area contributed by atoms with Crippen molar-refractivity contribution in [3.63, 3.8) is 0 Å². The standard InChI is InChI=1S/C56H55N5O/c1-54(2,3)35-38-24-26-58-53(28-38)61-49-23-20-41(39-16-12-10-13-17-39)29-48(49)47-22-21-45(33-50(47)61)62-46-25-27-57-52(34-46)59-36-51(40-18-14-11-15-19-40)60(37-59)44-31-42(55(4,5)6)30-43(32-44)56(7,8)9/h10-34,36H,35H2,1-9H3/i35D2. The maximum Gasteiger partial charge on any atom is 0.270 e. The van der Waals surface area contributed by atoms with Gasteiger partial charge in [0, 0.05) is 44.2 Å². The van der Waals surface area contributed by atoms with Crippen LogP contribution in [0.2, 0.25) is 0 Å². The Kier molecular flexibility index (Phi) is 9.60. The molecule has 0 amide bonds. The topological polar surface area (TPSA) is 48.8 Å². The van der Waals surface area contributed by atoms with Gasteiger partial charge in [-0.1, -0.05) is 135 Å². The molecule has 4 heterocycles. The summed E-state index contributed by atoms with van der Waals surface area (Å²) in [6.07, 6.45) is 7.61. The van der Waals surface area contributed by atoms with E-state index in [1.54, 1.807) is 18.5 Å². The van der Waals surface area contributed by atoms with Crippen molar-refractivity contribution in [2.45, 2.75) is 79.5 Å². The van der Waals surface area contributed by atoms with Crippen LogP contribution in [0.25, 0.3) is 61.5 Å². The van der Waals surface area contributed by atoms with Crippen molar-refractivity contribution in [1.29, 1.82) is 0 Å². The molecule has 0 unspecified atom stereocenters. The van der Waals surface area contributed by atoms with Crippen molar-refractivity contribution < 1.29 is 12.0 Å². The Morgan fingerprint density at radius 3 is 1.90 bits per heavy atom. The number of hydrogen-bond acceptors (Lipinski definition) is 3. The molecule has 62 heavy (non-hydrogen) atoms. The Labute approximate surface area is 369 Å². The number of hydrogen-bond donors (Lipinski definition) is 0. The minimum Gasteiger partial charge on any atom is -0.458 e.